The summed E-state index contributed by atoms with van der Waals surface area (Å²) in [7, 11) is 0. The Kier molecular flexibility index (Phi) is 55.1. The number of unbranched alkanes of at least 4 members (excludes halogenated alkanes) is 52. The molecule has 0 aromatic carbocycles. The molecule has 414 valence electrons. The van der Waals surface area contributed by atoms with E-state index in [-0.39, 0.29) is 0 Å². The summed E-state index contributed by atoms with van der Waals surface area (Å²) in [4.78, 5) is 5.43. The fraction of sp³-hybridized carbons (Fsp3) is 0.928. The molecule has 1 heterocycles. The molecule has 1 heteroatoms. The molecule has 0 aliphatic carbocycles. The summed E-state index contributed by atoms with van der Waals surface area (Å²) in [5, 5.41) is 0. The lowest BCUT2D eigenvalue weighted by Gasteiger charge is -2.19. The lowest BCUT2D eigenvalue weighted by atomic mass is 9.89. The van der Waals surface area contributed by atoms with Crippen LogP contribution in [0.4, 0.5) is 0 Å². The van der Waals surface area contributed by atoms with Crippen molar-refractivity contribution in [3.05, 3.63) is 28.6 Å². The van der Waals surface area contributed by atoms with Crippen molar-refractivity contribution in [3.63, 3.8) is 0 Å². The molecular formula is C69H133N. The lowest BCUT2D eigenvalue weighted by molar-refractivity contribution is 0.531. The SMILES string of the molecule is CCCCCCCCCCCCCCCCc1cnc(CCCCCCCCCCCCCCCC)c(CCCCCCCCCCCCCCCC)c1CCCCCCCCCCCCCCCC. The summed E-state index contributed by atoms with van der Waals surface area (Å²) < 4.78 is 0. The van der Waals surface area contributed by atoms with Gasteiger partial charge in [-0.05, 0) is 68.1 Å². The molecule has 1 aromatic rings. The van der Waals surface area contributed by atoms with Crippen molar-refractivity contribution in [3.8, 4) is 0 Å². The Labute approximate surface area is 444 Å². The van der Waals surface area contributed by atoms with Crippen LogP contribution in [-0.2, 0) is 25.7 Å². The Morgan fingerprint density at radius 2 is 0.386 bits per heavy atom. The standard InChI is InChI=1S/C69H133N/c1-5-9-13-17-21-25-29-33-37-41-45-49-53-57-61-66-65-70-69(64-60-56-52-48-44-40-36-32-28-24-20-16-12-8-4)68(63-59-55-51-47-43-39-35-31-27-23-19-15-11-7-3)67(66)62-58-54-50-46-42-38-34-30-26-22-18-14-10-6-2/h65H,5-64H2,1-4H3. The van der Waals surface area contributed by atoms with Crippen LogP contribution >= 0.6 is 0 Å². The van der Waals surface area contributed by atoms with Gasteiger partial charge in [-0.15, -0.1) is 0 Å². The van der Waals surface area contributed by atoms with E-state index < -0.39 is 0 Å². The van der Waals surface area contributed by atoms with Gasteiger partial charge in [0.1, 0.15) is 0 Å². The van der Waals surface area contributed by atoms with E-state index >= 15 is 0 Å². The van der Waals surface area contributed by atoms with E-state index in [4.69, 9.17) is 4.98 Å². The Bertz CT molecular complexity index is 1030. The van der Waals surface area contributed by atoms with E-state index in [0.29, 0.717) is 0 Å². The molecule has 0 spiro atoms. The zero-order chi connectivity index (χ0) is 50.2. The Balaban J connectivity index is 2.77. The van der Waals surface area contributed by atoms with Crippen LogP contribution in [0.15, 0.2) is 6.20 Å². The predicted octanol–water partition coefficient (Wildman–Crippen LogP) is 25.2. The van der Waals surface area contributed by atoms with E-state index in [1.54, 1.807) is 16.7 Å². The van der Waals surface area contributed by atoms with Gasteiger partial charge in [-0.3, -0.25) is 4.98 Å². The summed E-state index contributed by atoms with van der Waals surface area (Å²) in [5.74, 6) is 0. The van der Waals surface area contributed by atoms with Gasteiger partial charge in [0.25, 0.3) is 0 Å². The van der Waals surface area contributed by atoms with Crippen LogP contribution < -0.4 is 0 Å². The van der Waals surface area contributed by atoms with Gasteiger partial charge in [0.2, 0.25) is 0 Å². The second kappa shape index (κ2) is 57.4. The molecule has 0 fully saturated rings. The van der Waals surface area contributed by atoms with Crippen molar-refractivity contribution in [1.82, 2.24) is 4.98 Å². The fourth-order valence-electron chi connectivity index (χ4n) is 11.7. The van der Waals surface area contributed by atoms with Crippen molar-refractivity contribution < 1.29 is 0 Å². The number of nitrogens with zero attached hydrogens (tertiary/aromatic N) is 1. The molecule has 0 atom stereocenters. The van der Waals surface area contributed by atoms with Gasteiger partial charge in [0, 0.05) is 11.9 Å². The van der Waals surface area contributed by atoms with Crippen molar-refractivity contribution in [2.24, 2.45) is 0 Å². The summed E-state index contributed by atoms with van der Waals surface area (Å²) >= 11 is 0. The van der Waals surface area contributed by atoms with Crippen LogP contribution in [0, 0.1) is 0 Å². The van der Waals surface area contributed by atoms with Gasteiger partial charge < -0.3 is 0 Å². The quantitative estimate of drug-likeness (QED) is 0.0593. The van der Waals surface area contributed by atoms with Crippen LogP contribution in [0.2, 0.25) is 0 Å². The fourth-order valence-corrected chi connectivity index (χ4v) is 11.7. The molecule has 1 nitrogen and oxygen atoms in total. The summed E-state index contributed by atoms with van der Waals surface area (Å²) in [6.45, 7) is 9.31. The normalized spacial score (nSPS) is 11.7. The highest BCUT2D eigenvalue weighted by Crippen LogP contribution is 2.27. The number of aryl methyl sites for hydroxylation is 2. The molecule has 0 bridgehead atoms. The zero-order valence-corrected chi connectivity index (χ0v) is 49.5. The largest absolute Gasteiger partial charge is 0.261 e. The second-order valence-corrected chi connectivity index (χ2v) is 23.6. The smallest absolute Gasteiger partial charge is 0.0438 e. The van der Waals surface area contributed by atoms with Crippen LogP contribution in [0.3, 0.4) is 0 Å². The zero-order valence-electron chi connectivity index (χ0n) is 49.5. The molecule has 0 saturated carbocycles. The molecule has 0 N–H and O–H groups in total. The molecule has 0 unspecified atom stereocenters. The third kappa shape index (κ3) is 45.7. The number of hydrogen-bond donors (Lipinski definition) is 0. The lowest BCUT2D eigenvalue weighted by Crippen LogP contribution is -2.09. The van der Waals surface area contributed by atoms with Crippen molar-refractivity contribution >= 4 is 0 Å². The molecule has 0 radical (unpaired) electrons. The predicted molar refractivity (Wildman–Crippen MR) is 320 cm³/mol. The minimum atomic E-state index is 1.22. The molecule has 70 heavy (non-hydrogen) atoms. The van der Waals surface area contributed by atoms with Crippen LogP contribution in [0.25, 0.3) is 0 Å². The molecule has 1 rings (SSSR count). The first-order valence-electron chi connectivity index (χ1n) is 33.8. The molecule has 1 aromatic heterocycles. The van der Waals surface area contributed by atoms with Crippen molar-refractivity contribution in [2.45, 2.75) is 413 Å². The number of hydrogen-bond acceptors (Lipinski definition) is 1. The molecule has 0 amide bonds. The van der Waals surface area contributed by atoms with Gasteiger partial charge in [0.15, 0.2) is 0 Å². The monoisotopic (exact) mass is 976 g/mol. The Morgan fingerprint density at radius 3 is 0.629 bits per heavy atom. The van der Waals surface area contributed by atoms with E-state index in [1.165, 1.54) is 391 Å². The highest BCUT2D eigenvalue weighted by atomic mass is 14.7. The number of pyridine rings is 1. The number of rotatable bonds is 60. The third-order valence-electron chi connectivity index (χ3n) is 16.6. The van der Waals surface area contributed by atoms with Gasteiger partial charge in [-0.2, -0.15) is 0 Å². The Hall–Kier alpha value is -0.850. The summed E-state index contributed by atoms with van der Waals surface area (Å²) in [6.07, 6.45) is 88.2. The van der Waals surface area contributed by atoms with Gasteiger partial charge in [0.05, 0.1) is 0 Å². The summed E-state index contributed by atoms with van der Waals surface area (Å²) in [6, 6.07) is 0. The molecule has 0 aliphatic rings. The molecular weight excluding hydrogens is 843 g/mol. The first-order chi connectivity index (χ1) is 34.8. The minimum Gasteiger partial charge on any atom is -0.261 e. The van der Waals surface area contributed by atoms with E-state index in [1.807, 2.05) is 0 Å². The minimum absolute atomic E-state index is 1.22. The topological polar surface area (TPSA) is 12.9 Å². The van der Waals surface area contributed by atoms with Crippen LogP contribution in [-0.4, -0.2) is 4.98 Å². The molecule has 0 aliphatic heterocycles. The van der Waals surface area contributed by atoms with Gasteiger partial charge >= 0.3 is 0 Å². The van der Waals surface area contributed by atoms with E-state index in [0.717, 1.165) is 0 Å². The highest BCUT2D eigenvalue weighted by Gasteiger charge is 2.15. The maximum Gasteiger partial charge on any atom is 0.0438 e. The summed E-state index contributed by atoms with van der Waals surface area (Å²) in [5.41, 5.74) is 6.70. The first-order valence-corrected chi connectivity index (χ1v) is 33.8. The van der Waals surface area contributed by atoms with Crippen LogP contribution in [0.1, 0.15) is 410 Å². The maximum absolute atomic E-state index is 5.43. The van der Waals surface area contributed by atoms with E-state index in [2.05, 4.69) is 33.9 Å². The van der Waals surface area contributed by atoms with E-state index in [9.17, 15) is 0 Å². The Morgan fingerprint density at radius 1 is 0.200 bits per heavy atom. The van der Waals surface area contributed by atoms with Gasteiger partial charge in [-0.25, -0.2) is 0 Å². The highest BCUT2D eigenvalue weighted by molar-refractivity contribution is 5.37. The third-order valence-corrected chi connectivity index (χ3v) is 16.6. The number of aromatic nitrogens is 1. The van der Waals surface area contributed by atoms with Crippen molar-refractivity contribution in [2.75, 3.05) is 0 Å². The maximum atomic E-state index is 5.43. The van der Waals surface area contributed by atoms with Crippen LogP contribution in [0.5, 0.6) is 0 Å². The second-order valence-electron chi connectivity index (χ2n) is 23.6. The van der Waals surface area contributed by atoms with Gasteiger partial charge in [-0.1, -0.05) is 362 Å². The average Bonchev–Trinajstić information content (AvgIpc) is 3.37. The average molecular weight is 977 g/mol. The van der Waals surface area contributed by atoms with Crippen molar-refractivity contribution in [1.29, 1.82) is 0 Å². The molecule has 0 saturated heterocycles. The first kappa shape index (κ1) is 67.2.